The molecule has 0 unspecified atom stereocenters. The summed E-state index contributed by atoms with van der Waals surface area (Å²) in [4.78, 5) is 7.31. The van der Waals surface area contributed by atoms with E-state index in [1.165, 1.54) is 55.1 Å². The number of allylic oxidation sites excluding steroid dienone is 2. The number of anilines is 3. The molecule has 3 heterocycles. The molecular weight excluding hydrogens is 607 g/mol. The van der Waals surface area contributed by atoms with Gasteiger partial charge < -0.3 is 9.47 Å². The van der Waals surface area contributed by atoms with E-state index >= 15 is 0 Å². The smallest absolute Gasteiger partial charge is 0.0780 e. The Morgan fingerprint density at radius 3 is 2.16 bits per heavy atom. The molecule has 9 rings (SSSR count). The Kier molecular flexibility index (Phi) is 6.86. The summed E-state index contributed by atoms with van der Waals surface area (Å²) in [6.45, 7) is 10.9. The molecule has 50 heavy (non-hydrogen) atoms. The zero-order valence-corrected chi connectivity index (χ0v) is 28.6. The van der Waals surface area contributed by atoms with E-state index in [1.807, 2.05) is 18.3 Å². The van der Waals surface area contributed by atoms with Gasteiger partial charge in [-0.1, -0.05) is 111 Å². The standard InChI is InChI=1S/C47H37N3/c1-5-6-15-32-22-25-43-44(31(32)2)39-29-37(49(35-17-9-7-10-18-35)36-19-11-8-12-20-36)30-41-46(39)50(43)42-24-23-34(28-40(42)47(41,3)4)45-38-21-14-13-16-33(38)26-27-48-45/h5-30H,1H2,2-4H3/b15-6-. The van der Waals surface area contributed by atoms with Gasteiger partial charge in [-0.25, -0.2) is 0 Å². The maximum absolute atomic E-state index is 4.92. The van der Waals surface area contributed by atoms with Gasteiger partial charge >= 0.3 is 0 Å². The first-order valence-electron chi connectivity index (χ1n) is 17.3. The summed E-state index contributed by atoms with van der Waals surface area (Å²) in [5, 5.41) is 4.89. The average molecular weight is 644 g/mol. The van der Waals surface area contributed by atoms with Gasteiger partial charge in [-0.3, -0.25) is 4.98 Å². The molecule has 0 bridgehead atoms. The fraction of sp³-hybridized carbons (Fsp3) is 0.0851. The van der Waals surface area contributed by atoms with Crippen LogP contribution in [-0.2, 0) is 5.41 Å². The predicted octanol–water partition coefficient (Wildman–Crippen LogP) is 12.6. The highest BCUT2D eigenvalue weighted by molar-refractivity contribution is 6.15. The van der Waals surface area contributed by atoms with Crippen LogP contribution in [0.25, 0.3) is 55.6 Å². The molecule has 8 aromatic rings. The Morgan fingerprint density at radius 2 is 1.42 bits per heavy atom. The minimum Gasteiger partial charge on any atom is -0.310 e. The van der Waals surface area contributed by atoms with Gasteiger partial charge in [-0.15, -0.1) is 0 Å². The fourth-order valence-electron chi connectivity index (χ4n) is 8.09. The third-order valence-corrected chi connectivity index (χ3v) is 10.5. The Morgan fingerprint density at radius 1 is 0.700 bits per heavy atom. The normalized spacial score (nSPS) is 13.3. The highest BCUT2D eigenvalue weighted by Crippen LogP contribution is 2.51. The number of nitrogens with zero attached hydrogens (tertiary/aromatic N) is 3. The van der Waals surface area contributed by atoms with Crippen LogP contribution in [0.15, 0.2) is 158 Å². The second-order valence-corrected chi connectivity index (χ2v) is 13.7. The van der Waals surface area contributed by atoms with E-state index < -0.39 is 0 Å². The topological polar surface area (TPSA) is 21.1 Å². The third kappa shape index (κ3) is 4.47. The van der Waals surface area contributed by atoms with Crippen LogP contribution in [0, 0.1) is 6.92 Å². The lowest BCUT2D eigenvalue weighted by molar-refractivity contribution is 0.630. The number of hydrogen-bond acceptors (Lipinski definition) is 2. The van der Waals surface area contributed by atoms with Gasteiger partial charge in [-0.2, -0.15) is 0 Å². The molecule has 0 radical (unpaired) electrons. The Bertz CT molecular complexity index is 2600. The molecule has 1 aliphatic rings. The quantitative estimate of drug-likeness (QED) is 0.168. The lowest BCUT2D eigenvalue weighted by Crippen LogP contribution is -2.27. The summed E-state index contributed by atoms with van der Waals surface area (Å²) in [6, 6.07) is 48.3. The summed E-state index contributed by atoms with van der Waals surface area (Å²) in [5.41, 5.74) is 14.0. The maximum atomic E-state index is 4.92. The van der Waals surface area contributed by atoms with E-state index in [4.69, 9.17) is 4.98 Å². The Labute approximate surface area is 293 Å². The summed E-state index contributed by atoms with van der Waals surface area (Å²) in [7, 11) is 0. The van der Waals surface area contributed by atoms with Crippen LogP contribution < -0.4 is 4.90 Å². The van der Waals surface area contributed by atoms with Gasteiger partial charge in [0.05, 0.1) is 22.4 Å². The SMILES string of the molecule is C=C/C=C\c1ccc2c(c1C)c1cc(N(c3ccccc3)c3ccccc3)cc3c1n2-c1ccc(-c2nccc4ccccc24)cc1C3(C)C. The third-order valence-electron chi connectivity index (χ3n) is 10.5. The summed E-state index contributed by atoms with van der Waals surface area (Å²) >= 11 is 0. The van der Waals surface area contributed by atoms with E-state index in [0.29, 0.717) is 0 Å². The van der Waals surface area contributed by atoms with Gasteiger partial charge in [0, 0.05) is 50.4 Å². The zero-order valence-electron chi connectivity index (χ0n) is 28.6. The van der Waals surface area contributed by atoms with Crippen molar-refractivity contribution in [1.82, 2.24) is 9.55 Å². The van der Waals surface area contributed by atoms with Crippen molar-refractivity contribution in [2.45, 2.75) is 26.2 Å². The molecule has 0 spiro atoms. The van der Waals surface area contributed by atoms with Gasteiger partial charge in [0.15, 0.2) is 0 Å². The number of aryl methyl sites for hydroxylation is 1. The fourth-order valence-corrected chi connectivity index (χ4v) is 8.09. The van der Waals surface area contributed by atoms with Gasteiger partial charge in [0.25, 0.3) is 0 Å². The lowest BCUT2D eigenvalue weighted by atomic mass is 9.73. The molecule has 240 valence electrons. The molecule has 6 aromatic carbocycles. The van der Waals surface area contributed by atoms with Gasteiger partial charge in [-0.05, 0) is 95.2 Å². The molecule has 3 nitrogen and oxygen atoms in total. The molecule has 0 N–H and O–H groups in total. The van der Waals surface area contributed by atoms with Gasteiger partial charge in [0.1, 0.15) is 0 Å². The first kappa shape index (κ1) is 29.9. The van der Waals surface area contributed by atoms with E-state index in [0.717, 1.165) is 33.7 Å². The van der Waals surface area contributed by atoms with E-state index in [9.17, 15) is 0 Å². The minimum absolute atomic E-state index is 0.312. The van der Waals surface area contributed by atoms with Crippen molar-refractivity contribution in [3.63, 3.8) is 0 Å². The number of rotatable bonds is 6. The van der Waals surface area contributed by atoms with Crippen LogP contribution in [0.2, 0.25) is 0 Å². The van der Waals surface area contributed by atoms with Crippen LogP contribution in [0.3, 0.4) is 0 Å². The second kappa shape index (κ2) is 11.5. The van der Waals surface area contributed by atoms with E-state index in [-0.39, 0.29) is 5.41 Å². The number of hydrogen-bond donors (Lipinski definition) is 0. The highest BCUT2D eigenvalue weighted by Gasteiger charge is 2.37. The molecule has 3 heteroatoms. The largest absolute Gasteiger partial charge is 0.310 e. The Hall–Kier alpha value is -6.19. The molecule has 1 aliphatic heterocycles. The number of aromatic nitrogens is 2. The maximum Gasteiger partial charge on any atom is 0.0780 e. The summed E-state index contributed by atoms with van der Waals surface area (Å²) in [5.74, 6) is 0. The molecule has 0 aliphatic carbocycles. The number of fused-ring (bicyclic) bond motifs is 6. The van der Waals surface area contributed by atoms with Crippen molar-refractivity contribution in [3.8, 4) is 16.9 Å². The summed E-state index contributed by atoms with van der Waals surface area (Å²) < 4.78 is 2.51. The van der Waals surface area contributed by atoms with Crippen molar-refractivity contribution >= 4 is 55.7 Å². The molecule has 0 amide bonds. The van der Waals surface area contributed by atoms with Crippen molar-refractivity contribution in [3.05, 3.63) is 181 Å². The van der Waals surface area contributed by atoms with Crippen LogP contribution in [0.4, 0.5) is 17.1 Å². The minimum atomic E-state index is -0.312. The van der Waals surface area contributed by atoms with Crippen molar-refractivity contribution in [1.29, 1.82) is 0 Å². The number of para-hydroxylation sites is 2. The van der Waals surface area contributed by atoms with Crippen LogP contribution in [0.1, 0.15) is 36.1 Å². The van der Waals surface area contributed by atoms with Crippen molar-refractivity contribution < 1.29 is 0 Å². The van der Waals surface area contributed by atoms with Gasteiger partial charge in [0.2, 0.25) is 0 Å². The molecule has 2 aromatic heterocycles. The monoisotopic (exact) mass is 643 g/mol. The molecule has 0 atom stereocenters. The predicted molar refractivity (Wildman–Crippen MR) is 212 cm³/mol. The lowest BCUT2D eigenvalue weighted by Gasteiger charge is -2.36. The van der Waals surface area contributed by atoms with E-state index in [2.05, 4.69) is 176 Å². The molecular formula is C47H37N3. The first-order valence-corrected chi connectivity index (χ1v) is 17.3. The zero-order chi connectivity index (χ0) is 34.0. The van der Waals surface area contributed by atoms with Crippen molar-refractivity contribution in [2.24, 2.45) is 0 Å². The Balaban J connectivity index is 1.38. The molecule has 0 fully saturated rings. The molecule has 0 saturated heterocycles. The van der Waals surface area contributed by atoms with Crippen molar-refractivity contribution in [2.75, 3.05) is 4.90 Å². The van der Waals surface area contributed by atoms with Crippen LogP contribution >= 0.6 is 0 Å². The average Bonchev–Trinajstić information content (AvgIpc) is 3.49. The van der Waals surface area contributed by atoms with E-state index in [1.54, 1.807) is 0 Å². The first-order chi connectivity index (χ1) is 24.5. The number of pyridine rings is 1. The number of benzene rings is 6. The molecule has 0 saturated carbocycles. The van der Waals surface area contributed by atoms with Crippen LogP contribution in [-0.4, -0.2) is 9.55 Å². The summed E-state index contributed by atoms with van der Waals surface area (Å²) in [6.07, 6.45) is 7.96. The highest BCUT2D eigenvalue weighted by atomic mass is 15.1. The van der Waals surface area contributed by atoms with Crippen LogP contribution in [0.5, 0.6) is 0 Å². The second-order valence-electron chi connectivity index (χ2n) is 13.7.